The molecule has 0 bridgehead atoms. The molecule has 7 heteroatoms. The van der Waals surface area contributed by atoms with Gasteiger partial charge < -0.3 is 10.1 Å². The highest BCUT2D eigenvalue weighted by molar-refractivity contribution is 7.10. The van der Waals surface area contributed by atoms with Gasteiger partial charge in [0, 0.05) is 22.7 Å². The number of carbonyl (C=O) groups is 1. The van der Waals surface area contributed by atoms with E-state index in [0.29, 0.717) is 29.7 Å². The summed E-state index contributed by atoms with van der Waals surface area (Å²) in [4.78, 5) is 12.5. The van der Waals surface area contributed by atoms with E-state index >= 15 is 0 Å². The van der Waals surface area contributed by atoms with Crippen molar-refractivity contribution in [2.75, 3.05) is 0 Å². The van der Waals surface area contributed by atoms with Crippen LogP contribution < -0.4 is 5.32 Å². The Hall–Kier alpha value is -2.02. The first-order valence-corrected chi connectivity index (χ1v) is 8.45. The number of benzene rings is 1. The third-order valence-electron chi connectivity index (χ3n) is 4.00. The minimum absolute atomic E-state index is 0.169. The molecule has 1 unspecified atom stereocenters. The molecular weight excluding hydrogens is 339 g/mol. The molecular formula is C17H16F3NO2S. The van der Waals surface area contributed by atoms with E-state index < -0.39 is 17.8 Å². The first-order valence-electron chi connectivity index (χ1n) is 7.57. The smallest absolute Gasteiger partial charge is 0.417 e. The molecule has 0 aliphatic heterocycles. The van der Waals surface area contributed by atoms with Crippen molar-refractivity contribution >= 4 is 17.4 Å². The highest BCUT2D eigenvalue weighted by atomic mass is 32.1. The fraction of sp³-hybridized carbons (Fsp3) is 0.353. The van der Waals surface area contributed by atoms with E-state index in [1.54, 1.807) is 0 Å². The molecule has 1 aromatic heterocycles. The fourth-order valence-corrected chi connectivity index (χ4v) is 3.99. The summed E-state index contributed by atoms with van der Waals surface area (Å²) in [6.45, 7) is 0.169. The predicted molar refractivity (Wildman–Crippen MR) is 84.9 cm³/mol. The largest absolute Gasteiger partial charge is 0.445 e. The van der Waals surface area contributed by atoms with Crippen molar-refractivity contribution in [3.63, 3.8) is 0 Å². The van der Waals surface area contributed by atoms with Crippen LogP contribution in [-0.2, 0) is 30.4 Å². The van der Waals surface area contributed by atoms with Crippen LogP contribution in [0.2, 0.25) is 0 Å². The van der Waals surface area contributed by atoms with Crippen molar-refractivity contribution in [1.29, 1.82) is 0 Å². The van der Waals surface area contributed by atoms with E-state index in [0.717, 1.165) is 16.9 Å². The normalized spacial score (nSPS) is 17.2. The lowest BCUT2D eigenvalue weighted by molar-refractivity contribution is -0.138. The van der Waals surface area contributed by atoms with Crippen molar-refractivity contribution in [2.45, 2.75) is 38.1 Å². The van der Waals surface area contributed by atoms with Gasteiger partial charge in [0.25, 0.3) is 0 Å². The molecule has 1 amide bonds. The lowest BCUT2D eigenvalue weighted by Crippen LogP contribution is -2.39. The maximum absolute atomic E-state index is 12.9. The minimum Gasteiger partial charge on any atom is -0.445 e. The summed E-state index contributed by atoms with van der Waals surface area (Å²) in [5.74, 6) is 0. The number of nitrogens with one attached hydrogen (secondary N) is 1. The van der Waals surface area contributed by atoms with Crippen LogP contribution in [0, 0.1) is 0 Å². The Morgan fingerprint density at radius 1 is 1.29 bits per heavy atom. The van der Waals surface area contributed by atoms with Crippen molar-refractivity contribution in [3.05, 3.63) is 57.3 Å². The van der Waals surface area contributed by atoms with Crippen LogP contribution in [0.15, 0.2) is 35.7 Å². The summed E-state index contributed by atoms with van der Waals surface area (Å²) in [6.07, 6.45) is -3.64. The van der Waals surface area contributed by atoms with Crippen LogP contribution in [0.5, 0.6) is 0 Å². The van der Waals surface area contributed by atoms with Gasteiger partial charge in [-0.15, -0.1) is 11.3 Å². The van der Waals surface area contributed by atoms with Crippen molar-refractivity contribution in [2.24, 2.45) is 0 Å². The second-order valence-electron chi connectivity index (χ2n) is 5.69. The zero-order valence-corrected chi connectivity index (χ0v) is 13.5. The maximum atomic E-state index is 12.9. The van der Waals surface area contributed by atoms with E-state index in [1.807, 2.05) is 30.3 Å². The molecule has 1 aromatic carbocycles. The second-order valence-corrected chi connectivity index (χ2v) is 6.66. The van der Waals surface area contributed by atoms with Crippen molar-refractivity contribution in [1.82, 2.24) is 5.32 Å². The summed E-state index contributed by atoms with van der Waals surface area (Å²) in [6, 6.07) is 9.09. The molecule has 2 aromatic rings. The minimum atomic E-state index is -4.31. The predicted octanol–water partition coefficient (Wildman–Crippen LogP) is 4.55. The number of fused-ring (bicyclic) bond motifs is 1. The number of amides is 1. The Kier molecular flexibility index (Phi) is 4.80. The average molecular weight is 355 g/mol. The lowest BCUT2D eigenvalue weighted by atomic mass is 9.92. The third kappa shape index (κ3) is 3.90. The first kappa shape index (κ1) is 16.8. The number of hydrogen-bond donors (Lipinski definition) is 1. The Labute approximate surface area is 141 Å². The molecule has 1 N–H and O–H groups in total. The van der Waals surface area contributed by atoms with Crippen molar-refractivity contribution < 1.29 is 22.7 Å². The summed E-state index contributed by atoms with van der Waals surface area (Å²) >= 11 is 1.11. The molecule has 1 heterocycles. The standard InChI is InChI=1S/C17H16F3NO2S/c18-17(19,20)14-10-24-15-8-12(6-7-13(14)15)21-16(22)23-9-11-4-2-1-3-5-11/h1-5,10,12H,6-9H2,(H,21,22). The molecule has 0 spiro atoms. The van der Waals surface area contributed by atoms with Gasteiger partial charge in [-0.2, -0.15) is 13.2 Å². The highest BCUT2D eigenvalue weighted by Crippen LogP contribution is 2.39. The van der Waals surface area contributed by atoms with Gasteiger partial charge in [0.2, 0.25) is 0 Å². The molecule has 0 fully saturated rings. The second kappa shape index (κ2) is 6.84. The summed E-state index contributed by atoms with van der Waals surface area (Å²) in [5, 5.41) is 3.91. The maximum Gasteiger partial charge on any atom is 0.417 e. The van der Waals surface area contributed by atoms with Gasteiger partial charge in [-0.25, -0.2) is 4.79 Å². The first-order chi connectivity index (χ1) is 11.4. The van der Waals surface area contributed by atoms with Crippen LogP contribution in [0.25, 0.3) is 0 Å². The van der Waals surface area contributed by atoms with Crippen LogP contribution in [0.3, 0.4) is 0 Å². The third-order valence-corrected chi connectivity index (χ3v) is 5.05. The summed E-state index contributed by atoms with van der Waals surface area (Å²) in [7, 11) is 0. The molecule has 0 radical (unpaired) electrons. The van der Waals surface area contributed by atoms with Gasteiger partial charge >= 0.3 is 12.3 Å². The van der Waals surface area contributed by atoms with Crippen LogP contribution >= 0.6 is 11.3 Å². The van der Waals surface area contributed by atoms with Crippen LogP contribution in [0.1, 0.15) is 28.0 Å². The lowest BCUT2D eigenvalue weighted by Gasteiger charge is -2.24. The SMILES string of the molecule is O=C(NC1CCc2c(C(F)(F)F)csc2C1)OCc1ccccc1. The number of hydrogen-bond acceptors (Lipinski definition) is 3. The molecule has 1 aliphatic rings. The van der Waals surface area contributed by atoms with E-state index in [4.69, 9.17) is 4.74 Å². The van der Waals surface area contributed by atoms with Crippen molar-refractivity contribution in [3.8, 4) is 0 Å². The summed E-state index contributed by atoms with van der Waals surface area (Å²) in [5.41, 5.74) is 0.725. The average Bonchev–Trinajstić information content (AvgIpc) is 2.97. The molecule has 24 heavy (non-hydrogen) atoms. The molecule has 0 saturated carbocycles. The highest BCUT2D eigenvalue weighted by Gasteiger charge is 2.37. The van der Waals surface area contributed by atoms with E-state index in [2.05, 4.69) is 5.32 Å². The molecule has 0 saturated heterocycles. The molecule has 1 aliphatic carbocycles. The van der Waals surface area contributed by atoms with Gasteiger partial charge in [-0.3, -0.25) is 0 Å². The number of thiophene rings is 1. The van der Waals surface area contributed by atoms with E-state index in [1.165, 1.54) is 5.38 Å². The van der Waals surface area contributed by atoms with E-state index in [-0.39, 0.29) is 12.6 Å². The van der Waals surface area contributed by atoms with Gasteiger partial charge in [-0.05, 0) is 24.0 Å². The number of ether oxygens (including phenoxy) is 1. The Bertz CT molecular complexity index is 712. The number of carbonyl (C=O) groups excluding carboxylic acids is 1. The molecule has 1 atom stereocenters. The summed E-state index contributed by atoms with van der Waals surface area (Å²) < 4.78 is 43.8. The topological polar surface area (TPSA) is 38.3 Å². The molecule has 3 rings (SSSR count). The Morgan fingerprint density at radius 2 is 2.04 bits per heavy atom. The van der Waals surface area contributed by atoms with Gasteiger partial charge in [0.1, 0.15) is 6.61 Å². The van der Waals surface area contributed by atoms with E-state index in [9.17, 15) is 18.0 Å². The quantitative estimate of drug-likeness (QED) is 0.877. The number of alkyl halides is 3. The molecule has 3 nitrogen and oxygen atoms in total. The number of halogens is 3. The van der Waals surface area contributed by atoms with Crippen LogP contribution in [0.4, 0.5) is 18.0 Å². The van der Waals surface area contributed by atoms with Gasteiger partial charge in [-0.1, -0.05) is 30.3 Å². The zero-order valence-electron chi connectivity index (χ0n) is 12.7. The Morgan fingerprint density at radius 3 is 2.75 bits per heavy atom. The zero-order chi connectivity index (χ0) is 17.2. The monoisotopic (exact) mass is 355 g/mol. The van der Waals surface area contributed by atoms with Crippen LogP contribution in [-0.4, -0.2) is 12.1 Å². The number of alkyl carbamates (subject to hydrolysis) is 1. The molecule has 128 valence electrons. The number of rotatable bonds is 3. The van der Waals surface area contributed by atoms with Gasteiger partial charge in [0.15, 0.2) is 0 Å². The Balaban J connectivity index is 1.54. The fourth-order valence-electron chi connectivity index (χ4n) is 2.80. The van der Waals surface area contributed by atoms with Gasteiger partial charge in [0.05, 0.1) is 5.56 Å².